The SMILES string of the molecule is CCC1Cc2c1cccc2N(CC(C)O)CC(C)O. The van der Waals surface area contributed by atoms with Gasteiger partial charge in [-0.1, -0.05) is 19.1 Å². The lowest BCUT2D eigenvalue weighted by atomic mass is 9.75. The van der Waals surface area contributed by atoms with Gasteiger partial charge in [0, 0.05) is 18.8 Å². The highest BCUT2D eigenvalue weighted by Crippen LogP contribution is 2.42. The average molecular weight is 263 g/mol. The van der Waals surface area contributed by atoms with E-state index < -0.39 is 12.2 Å². The zero-order valence-corrected chi connectivity index (χ0v) is 12.1. The second-order valence-corrected chi connectivity index (χ2v) is 5.76. The fourth-order valence-corrected chi connectivity index (χ4v) is 2.99. The van der Waals surface area contributed by atoms with Crippen LogP contribution in [0, 0.1) is 0 Å². The van der Waals surface area contributed by atoms with Crippen LogP contribution in [0.15, 0.2) is 18.2 Å². The van der Waals surface area contributed by atoms with Gasteiger partial charge < -0.3 is 15.1 Å². The predicted octanol–water partition coefficient (Wildman–Crippen LogP) is 2.30. The molecule has 2 N–H and O–H groups in total. The van der Waals surface area contributed by atoms with Crippen LogP contribution in [0.3, 0.4) is 0 Å². The minimum Gasteiger partial charge on any atom is -0.392 e. The van der Waals surface area contributed by atoms with Crippen LogP contribution in [0.1, 0.15) is 44.2 Å². The second-order valence-electron chi connectivity index (χ2n) is 5.76. The van der Waals surface area contributed by atoms with E-state index in [2.05, 4.69) is 30.0 Å². The van der Waals surface area contributed by atoms with Gasteiger partial charge in [-0.25, -0.2) is 0 Å². The van der Waals surface area contributed by atoms with E-state index in [0.717, 1.165) is 6.42 Å². The average Bonchev–Trinajstić information content (AvgIpc) is 2.28. The molecule has 0 radical (unpaired) electrons. The molecule has 0 aromatic heterocycles. The Morgan fingerprint density at radius 1 is 1.21 bits per heavy atom. The summed E-state index contributed by atoms with van der Waals surface area (Å²) in [6, 6.07) is 6.40. The molecule has 19 heavy (non-hydrogen) atoms. The summed E-state index contributed by atoms with van der Waals surface area (Å²) in [5.41, 5.74) is 4.03. The Bertz CT molecular complexity index is 419. The molecule has 0 bridgehead atoms. The maximum atomic E-state index is 9.65. The molecule has 1 aliphatic carbocycles. The van der Waals surface area contributed by atoms with Gasteiger partial charge in [-0.3, -0.25) is 0 Å². The van der Waals surface area contributed by atoms with E-state index >= 15 is 0 Å². The number of aliphatic hydroxyl groups is 2. The van der Waals surface area contributed by atoms with Crippen LogP contribution < -0.4 is 4.90 Å². The number of rotatable bonds is 6. The van der Waals surface area contributed by atoms with Crippen molar-refractivity contribution in [1.82, 2.24) is 0 Å². The first-order valence-electron chi connectivity index (χ1n) is 7.25. The Labute approximate surface area is 115 Å². The molecule has 106 valence electrons. The Morgan fingerprint density at radius 2 is 1.84 bits per heavy atom. The predicted molar refractivity (Wildman–Crippen MR) is 78.8 cm³/mol. The van der Waals surface area contributed by atoms with Gasteiger partial charge in [-0.05, 0) is 49.8 Å². The fourth-order valence-electron chi connectivity index (χ4n) is 2.99. The number of nitrogens with zero attached hydrogens (tertiary/aromatic N) is 1. The van der Waals surface area contributed by atoms with Crippen molar-refractivity contribution in [3.63, 3.8) is 0 Å². The van der Waals surface area contributed by atoms with Crippen LogP contribution in [0.5, 0.6) is 0 Å². The van der Waals surface area contributed by atoms with E-state index in [1.165, 1.54) is 23.2 Å². The van der Waals surface area contributed by atoms with Crippen LogP contribution in [-0.2, 0) is 6.42 Å². The van der Waals surface area contributed by atoms with Gasteiger partial charge in [-0.2, -0.15) is 0 Å². The van der Waals surface area contributed by atoms with E-state index in [-0.39, 0.29) is 0 Å². The van der Waals surface area contributed by atoms with E-state index in [1.54, 1.807) is 13.8 Å². The van der Waals surface area contributed by atoms with Crippen molar-refractivity contribution in [2.45, 2.75) is 51.7 Å². The quantitative estimate of drug-likeness (QED) is 0.827. The lowest BCUT2D eigenvalue weighted by Gasteiger charge is -2.37. The van der Waals surface area contributed by atoms with Crippen molar-refractivity contribution >= 4 is 5.69 Å². The van der Waals surface area contributed by atoms with E-state index in [9.17, 15) is 10.2 Å². The first-order chi connectivity index (χ1) is 9.02. The lowest BCUT2D eigenvalue weighted by Crippen LogP contribution is -2.38. The first-order valence-corrected chi connectivity index (χ1v) is 7.25. The Hall–Kier alpha value is -1.06. The molecule has 0 amide bonds. The molecular formula is C16H25NO2. The normalized spacial score (nSPS) is 20.4. The monoisotopic (exact) mass is 263 g/mol. The van der Waals surface area contributed by atoms with Crippen molar-refractivity contribution in [1.29, 1.82) is 0 Å². The Morgan fingerprint density at radius 3 is 2.37 bits per heavy atom. The highest BCUT2D eigenvalue weighted by Gasteiger charge is 2.29. The molecule has 0 saturated heterocycles. The van der Waals surface area contributed by atoms with E-state index in [1.807, 2.05) is 0 Å². The number of hydrogen-bond donors (Lipinski definition) is 2. The molecule has 0 fully saturated rings. The third-order valence-electron chi connectivity index (χ3n) is 3.88. The summed E-state index contributed by atoms with van der Waals surface area (Å²) in [5, 5.41) is 19.3. The van der Waals surface area contributed by atoms with Gasteiger partial charge >= 0.3 is 0 Å². The maximum absolute atomic E-state index is 9.65. The molecule has 1 aromatic carbocycles. The smallest absolute Gasteiger partial charge is 0.0687 e. The zero-order valence-electron chi connectivity index (χ0n) is 12.1. The fraction of sp³-hybridized carbons (Fsp3) is 0.625. The maximum Gasteiger partial charge on any atom is 0.0687 e. The van der Waals surface area contributed by atoms with Crippen LogP contribution >= 0.6 is 0 Å². The number of hydrogen-bond acceptors (Lipinski definition) is 3. The standard InChI is InChI=1S/C16H25NO2/c1-4-13-8-15-14(13)6-5-7-16(15)17(9-11(2)18)10-12(3)19/h5-7,11-13,18-19H,4,8-10H2,1-3H3. The molecule has 0 heterocycles. The van der Waals surface area contributed by atoms with Gasteiger partial charge in [0.25, 0.3) is 0 Å². The summed E-state index contributed by atoms with van der Waals surface area (Å²) in [7, 11) is 0. The minimum atomic E-state index is -0.392. The van der Waals surface area contributed by atoms with Gasteiger partial charge in [0.15, 0.2) is 0 Å². The zero-order chi connectivity index (χ0) is 14.0. The molecule has 3 nitrogen and oxygen atoms in total. The molecular weight excluding hydrogens is 238 g/mol. The van der Waals surface area contributed by atoms with Crippen molar-refractivity contribution < 1.29 is 10.2 Å². The third-order valence-corrected chi connectivity index (χ3v) is 3.88. The van der Waals surface area contributed by atoms with Gasteiger partial charge in [0.05, 0.1) is 12.2 Å². The lowest BCUT2D eigenvalue weighted by molar-refractivity contribution is 0.178. The van der Waals surface area contributed by atoms with Gasteiger partial charge in [-0.15, -0.1) is 0 Å². The molecule has 3 unspecified atom stereocenters. The minimum absolute atomic E-state index is 0.392. The summed E-state index contributed by atoms with van der Waals surface area (Å²) in [6.07, 6.45) is 1.52. The number of fused-ring (bicyclic) bond motifs is 1. The van der Waals surface area contributed by atoms with Crippen LogP contribution in [0.4, 0.5) is 5.69 Å². The molecule has 0 spiro atoms. The largest absolute Gasteiger partial charge is 0.392 e. The summed E-state index contributed by atoms with van der Waals surface area (Å²) >= 11 is 0. The highest BCUT2D eigenvalue weighted by molar-refractivity contribution is 5.62. The number of aliphatic hydroxyl groups excluding tert-OH is 2. The molecule has 1 aromatic rings. The summed E-state index contributed by atoms with van der Waals surface area (Å²) in [6.45, 7) is 6.94. The molecule has 0 aliphatic heterocycles. The van der Waals surface area contributed by atoms with Crippen LogP contribution in [0.25, 0.3) is 0 Å². The third kappa shape index (κ3) is 3.10. The topological polar surface area (TPSA) is 43.7 Å². The number of anilines is 1. The Kier molecular flexibility index (Phi) is 4.48. The second kappa shape index (κ2) is 5.93. The van der Waals surface area contributed by atoms with Crippen LogP contribution in [0.2, 0.25) is 0 Å². The molecule has 0 saturated carbocycles. The molecule has 2 rings (SSSR count). The van der Waals surface area contributed by atoms with E-state index in [0.29, 0.717) is 19.0 Å². The summed E-state index contributed by atoms with van der Waals surface area (Å²) < 4.78 is 0. The van der Waals surface area contributed by atoms with Crippen molar-refractivity contribution in [3.8, 4) is 0 Å². The number of benzene rings is 1. The van der Waals surface area contributed by atoms with Crippen molar-refractivity contribution in [3.05, 3.63) is 29.3 Å². The van der Waals surface area contributed by atoms with Crippen molar-refractivity contribution in [2.24, 2.45) is 0 Å². The van der Waals surface area contributed by atoms with Crippen molar-refractivity contribution in [2.75, 3.05) is 18.0 Å². The summed E-state index contributed by atoms with van der Waals surface area (Å²) in [5.74, 6) is 0.690. The van der Waals surface area contributed by atoms with E-state index in [4.69, 9.17) is 0 Å². The molecule has 3 atom stereocenters. The Balaban J connectivity index is 2.24. The van der Waals surface area contributed by atoms with Gasteiger partial charge in [0.1, 0.15) is 0 Å². The van der Waals surface area contributed by atoms with Crippen LogP contribution in [-0.4, -0.2) is 35.5 Å². The highest BCUT2D eigenvalue weighted by atomic mass is 16.3. The summed E-state index contributed by atoms with van der Waals surface area (Å²) in [4.78, 5) is 2.11. The molecule has 1 aliphatic rings. The van der Waals surface area contributed by atoms with Gasteiger partial charge in [0.2, 0.25) is 0 Å². The first kappa shape index (κ1) is 14.4. The molecule has 3 heteroatoms.